The van der Waals surface area contributed by atoms with Gasteiger partial charge in [0.15, 0.2) is 0 Å². The molecule has 1 saturated heterocycles. The Labute approximate surface area is 231 Å². The van der Waals surface area contributed by atoms with Crippen molar-refractivity contribution >= 4 is 29.1 Å². The van der Waals surface area contributed by atoms with Crippen LogP contribution < -0.4 is 4.90 Å². The van der Waals surface area contributed by atoms with Crippen LogP contribution in [0.1, 0.15) is 49.7 Å². The van der Waals surface area contributed by atoms with Gasteiger partial charge in [-0.25, -0.2) is 0 Å². The van der Waals surface area contributed by atoms with E-state index in [1.165, 1.54) is 5.56 Å². The minimum atomic E-state index is -0.0717. The molecule has 0 radical (unpaired) electrons. The number of rotatable bonds is 7. The molecule has 206 valence electrons. The average molecular weight is 542 g/mol. The second-order valence-corrected chi connectivity index (χ2v) is 10.6. The number of hydrogen-bond acceptors (Lipinski definition) is 5. The number of nitrogens with zero attached hydrogens (tertiary/aromatic N) is 3. The maximum atomic E-state index is 13.4. The number of ether oxygens (including phenoxy) is 2. The molecule has 2 aromatic rings. The molecule has 2 aliphatic rings. The van der Waals surface area contributed by atoms with Crippen LogP contribution in [0.5, 0.6) is 0 Å². The molecule has 2 amide bonds. The number of anilines is 1. The summed E-state index contributed by atoms with van der Waals surface area (Å²) in [5.41, 5.74) is 3.04. The third kappa shape index (κ3) is 8.27. The maximum absolute atomic E-state index is 13.4. The lowest BCUT2D eigenvalue weighted by Gasteiger charge is -2.32. The minimum absolute atomic E-state index is 0.0207. The molecule has 0 saturated carbocycles. The van der Waals surface area contributed by atoms with Gasteiger partial charge in [-0.05, 0) is 61.4 Å². The Morgan fingerprint density at radius 1 is 0.974 bits per heavy atom. The van der Waals surface area contributed by atoms with E-state index >= 15 is 0 Å². The van der Waals surface area contributed by atoms with Gasteiger partial charge in [-0.15, -0.1) is 0 Å². The maximum Gasteiger partial charge on any atom is 0.252 e. The second-order valence-electron chi connectivity index (χ2n) is 10.2. The first-order chi connectivity index (χ1) is 18.5. The summed E-state index contributed by atoms with van der Waals surface area (Å²) >= 11 is 6.09. The van der Waals surface area contributed by atoms with E-state index in [0.29, 0.717) is 26.1 Å². The molecule has 0 bridgehead atoms. The van der Waals surface area contributed by atoms with E-state index in [1.54, 1.807) is 7.11 Å². The van der Waals surface area contributed by atoms with E-state index in [-0.39, 0.29) is 24.5 Å². The van der Waals surface area contributed by atoms with E-state index in [2.05, 4.69) is 17.0 Å². The van der Waals surface area contributed by atoms with Crippen LogP contribution >= 0.6 is 11.6 Å². The highest BCUT2D eigenvalue weighted by Gasteiger charge is 2.24. The average Bonchev–Trinajstić information content (AvgIpc) is 3.44. The fourth-order valence-electron chi connectivity index (χ4n) is 5.36. The first-order valence-electron chi connectivity index (χ1n) is 13.8. The Morgan fingerprint density at radius 3 is 2.47 bits per heavy atom. The van der Waals surface area contributed by atoms with E-state index in [4.69, 9.17) is 21.1 Å². The van der Waals surface area contributed by atoms with Crippen LogP contribution in [0, 0.1) is 0 Å². The highest BCUT2D eigenvalue weighted by Crippen LogP contribution is 2.25. The Bertz CT molecular complexity index is 1040. The van der Waals surface area contributed by atoms with Crippen molar-refractivity contribution in [3.8, 4) is 0 Å². The van der Waals surface area contributed by atoms with Crippen molar-refractivity contribution < 1.29 is 19.1 Å². The smallest absolute Gasteiger partial charge is 0.252 e. The molecule has 1 fully saturated rings. The highest BCUT2D eigenvalue weighted by molar-refractivity contribution is 6.30. The highest BCUT2D eigenvalue weighted by atomic mass is 35.5. The topological polar surface area (TPSA) is 62.3 Å². The van der Waals surface area contributed by atoms with Crippen molar-refractivity contribution in [2.75, 3.05) is 51.4 Å². The summed E-state index contributed by atoms with van der Waals surface area (Å²) in [5.74, 6) is 0.0731. The molecule has 0 spiro atoms. The lowest BCUT2D eigenvalue weighted by molar-refractivity contribution is -0.132. The first kappa shape index (κ1) is 28.6. The molecule has 1 atom stereocenters. The molecule has 0 aliphatic carbocycles. The van der Waals surface area contributed by atoms with Crippen molar-refractivity contribution in [2.24, 2.45) is 0 Å². The fourth-order valence-corrected chi connectivity index (χ4v) is 5.48. The van der Waals surface area contributed by atoms with Crippen molar-refractivity contribution in [1.82, 2.24) is 9.80 Å². The Kier molecular flexibility index (Phi) is 11.0. The normalized spacial score (nSPS) is 19.5. The number of fused-ring (bicyclic) bond motifs is 1. The number of halogens is 1. The molecule has 2 heterocycles. The van der Waals surface area contributed by atoms with Crippen LogP contribution in [-0.2, 0) is 32.2 Å². The van der Waals surface area contributed by atoms with Crippen LogP contribution in [0.15, 0.2) is 48.5 Å². The van der Waals surface area contributed by atoms with Gasteiger partial charge in [-0.3, -0.25) is 14.5 Å². The number of carbonyl (C=O) groups is 2. The molecular formula is C30H40ClN3O4. The SMILES string of the molecule is COCC(=O)N1CCCN(Cc2ccc(Cl)cc2)CCCN(C(=O)CCC2CCCO2)Cc2ccccc21. The van der Waals surface area contributed by atoms with Gasteiger partial charge in [0.2, 0.25) is 5.91 Å². The zero-order chi connectivity index (χ0) is 26.7. The van der Waals surface area contributed by atoms with Crippen LogP contribution in [-0.4, -0.2) is 74.2 Å². The Hall–Kier alpha value is -2.45. The number of hydrogen-bond donors (Lipinski definition) is 0. The third-order valence-corrected chi connectivity index (χ3v) is 7.60. The molecule has 4 rings (SSSR count). The molecule has 1 unspecified atom stereocenters. The van der Waals surface area contributed by atoms with Crippen LogP contribution in [0.2, 0.25) is 5.02 Å². The predicted molar refractivity (Wildman–Crippen MR) is 150 cm³/mol. The molecular weight excluding hydrogens is 502 g/mol. The minimum Gasteiger partial charge on any atom is -0.378 e. The number of benzene rings is 2. The molecule has 38 heavy (non-hydrogen) atoms. The monoisotopic (exact) mass is 541 g/mol. The number of amides is 2. The summed E-state index contributed by atoms with van der Waals surface area (Å²) in [6.45, 7) is 5.06. The molecule has 8 heteroatoms. The zero-order valence-electron chi connectivity index (χ0n) is 22.4. The van der Waals surface area contributed by atoms with Gasteiger partial charge < -0.3 is 19.3 Å². The standard InChI is InChI=1S/C30H40ClN3O4/c1-37-23-30(36)34-19-6-17-32(21-24-10-12-26(31)13-11-24)16-5-18-33(22-25-7-2-3-9-28(25)34)29(35)15-14-27-8-4-20-38-27/h2-3,7,9-13,27H,4-6,8,14-23H2,1H3. The molecule has 7 nitrogen and oxygen atoms in total. The molecule has 0 aromatic heterocycles. The van der Waals surface area contributed by atoms with Crippen molar-refractivity contribution in [2.45, 2.75) is 57.7 Å². The van der Waals surface area contributed by atoms with Gasteiger partial charge in [0.25, 0.3) is 5.91 Å². The lowest BCUT2D eigenvalue weighted by Crippen LogP contribution is -2.40. The first-order valence-corrected chi connectivity index (χ1v) is 14.1. The summed E-state index contributed by atoms with van der Waals surface area (Å²) in [6.07, 6.45) is 5.26. The summed E-state index contributed by atoms with van der Waals surface area (Å²) in [7, 11) is 1.54. The predicted octanol–water partition coefficient (Wildman–Crippen LogP) is 4.90. The largest absolute Gasteiger partial charge is 0.378 e. The van der Waals surface area contributed by atoms with E-state index in [0.717, 1.165) is 74.6 Å². The summed E-state index contributed by atoms with van der Waals surface area (Å²) in [4.78, 5) is 32.8. The third-order valence-electron chi connectivity index (χ3n) is 7.35. The Balaban J connectivity index is 1.55. The van der Waals surface area contributed by atoms with Gasteiger partial charge in [0, 0.05) is 70.1 Å². The van der Waals surface area contributed by atoms with Crippen LogP contribution in [0.4, 0.5) is 5.69 Å². The zero-order valence-corrected chi connectivity index (χ0v) is 23.2. The van der Waals surface area contributed by atoms with Gasteiger partial charge >= 0.3 is 0 Å². The number of carbonyl (C=O) groups excluding carboxylic acids is 2. The molecule has 2 aromatic carbocycles. The van der Waals surface area contributed by atoms with Crippen molar-refractivity contribution in [3.63, 3.8) is 0 Å². The fraction of sp³-hybridized carbons (Fsp3) is 0.533. The van der Waals surface area contributed by atoms with Crippen LogP contribution in [0.3, 0.4) is 0 Å². The second kappa shape index (κ2) is 14.6. The van der Waals surface area contributed by atoms with Gasteiger partial charge in [-0.1, -0.05) is 41.9 Å². The molecule has 0 N–H and O–H groups in total. The van der Waals surface area contributed by atoms with E-state index in [9.17, 15) is 9.59 Å². The summed E-state index contributed by atoms with van der Waals surface area (Å²) < 4.78 is 11.0. The lowest BCUT2D eigenvalue weighted by atomic mass is 10.1. The number of methoxy groups -OCH3 is 1. The van der Waals surface area contributed by atoms with Gasteiger partial charge in [0.1, 0.15) is 6.61 Å². The van der Waals surface area contributed by atoms with Gasteiger partial charge in [0.05, 0.1) is 6.10 Å². The summed E-state index contributed by atoms with van der Waals surface area (Å²) in [6, 6.07) is 15.9. The number of para-hydroxylation sites is 1. The van der Waals surface area contributed by atoms with Gasteiger partial charge in [-0.2, -0.15) is 0 Å². The molecule has 2 aliphatic heterocycles. The van der Waals surface area contributed by atoms with Crippen LogP contribution in [0.25, 0.3) is 0 Å². The van der Waals surface area contributed by atoms with E-state index in [1.807, 2.05) is 46.2 Å². The van der Waals surface area contributed by atoms with E-state index < -0.39 is 0 Å². The summed E-state index contributed by atoms with van der Waals surface area (Å²) in [5, 5.41) is 0.727. The van der Waals surface area contributed by atoms with Crippen molar-refractivity contribution in [3.05, 3.63) is 64.7 Å². The quantitative estimate of drug-likeness (QED) is 0.499. The van der Waals surface area contributed by atoms with Crippen molar-refractivity contribution in [1.29, 1.82) is 0 Å². The Morgan fingerprint density at radius 2 is 1.74 bits per heavy atom.